The second kappa shape index (κ2) is 9.06. The van der Waals surface area contributed by atoms with Crippen molar-refractivity contribution in [2.24, 2.45) is 0 Å². The lowest BCUT2D eigenvalue weighted by Gasteiger charge is -2.36. The molecular formula is C19H31N5O. The second-order valence-electron chi connectivity index (χ2n) is 7.04. The number of urea groups is 1. The molecule has 2 aliphatic heterocycles. The number of nitrogens with zero attached hydrogens (tertiary/aromatic N) is 4. The Morgan fingerprint density at radius 1 is 0.960 bits per heavy atom. The Kier molecular flexibility index (Phi) is 6.53. The SMILES string of the molecule is CN1CCN(CCCNC(=O)N2CCN(c3ccccc3)CC2)CC1. The second-order valence-corrected chi connectivity index (χ2v) is 7.04. The maximum Gasteiger partial charge on any atom is 0.317 e. The molecular weight excluding hydrogens is 314 g/mol. The maximum atomic E-state index is 12.3. The van der Waals surface area contributed by atoms with Crippen molar-refractivity contribution < 1.29 is 4.79 Å². The minimum Gasteiger partial charge on any atom is -0.368 e. The summed E-state index contributed by atoms with van der Waals surface area (Å²) in [4.78, 5) is 21.5. The third-order valence-electron chi connectivity index (χ3n) is 5.21. The Balaban J connectivity index is 1.30. The first-order valence-electron chi connectivity index (χ1n) is 9.46. The van der Waals surface area contributed by atoms with Gasteiger partial charge in [-0.15, -0.1) is 0 Å². The molecule has 2 amide bonds. The standard InChI is InChI=1S/C19H31N5O/c1-21-10-12-22(13-11-21)9-5-8-20-19(25)24-16-14-23(15-17-24)18-6-3-2-4-7-18/h2-4,6-7H,5,8-17H2,1H3,(H,20,25). The highest BCUT2D eigenvalue weighted by molar-refractivity contribution is 5.74. The van der Waals surface area contributed by atoms with Crippen LogP contribution in [0.15, 0.2) is 30.3 Å². The highest BCUT2D eigenvalue weighted by Gasteiger charge is 2.21. The van der Waals surface area contributed by atoms with E-state index < -0.39 is 0 Å². The number of carbonyl (C=O) groups excluding carboxylic acids is 1. The average molecular weight is 345 g/mol. The number of likely N-dealkylation sites (N-methyl/N-ethyl adjacent to an activating group) is 1. The number of piperazine rings is 2. The lowest BCUT2D eigenvalue weighted by atomic mass is 10.2. The van der Waals surface area contributed by atoms with Gasteiger partial charge in [0.15, 0.2) is 0 Å². The zero-order chi connectivity index (χ0) is 17.5. The van der Waals surface area contributed by atoms with Crippen LogP contribution in [-0.2, 0) is 0 Å². The summed E-state index contributed by atoms with van der Waals surface area (Å²) in [5, 5.41) is 3.09. The minimum absolute atomic E-state index is 0.0890. The Hall–Kier alpha value is -1.79. The molecule has 138 valence electrons. The van der Waals surface area contributed by atoms with Gasteiger partial charge in [0.2, 0.25) is 0 Å². The van der Waals surface area contributed by atoms with Gasteiger partial charge in [0.1, 0.15) is 0 Å². The molecule has 0 atom stereocenters. The fourth-order valence-corrected chi connectivity index (χ4v) is 3.49. The van der Waals surface area contributed by atoms with Gasteiger partial charge in [0, 0.05) is 64.6 Å². The van der Waals surface area contributed by atoms with Crippen LogP contribution in [-0.4, -0.2) is 93.2 Å². The van der Waals surface area contributed by atoms with Gasteiger partial charge in [0.05, 0.1) is 0 Å². The number of benzene rings is 1. The van der Waals surface area contributed by atoms with Crippen molar-refractivity contribution in [2.45, 2.75) is 6.42 Å². The molecule has 3 rings (SSSR count). The van der Waals surface area contributed by atoms with Gasteiger partial charge < -0.3 is 24.9 Å². The Morgan fingerprint density at radius 2 is 1.64 bits per heavy atom. The molecule has 0 unspecified atom stereocenters. The number of para-hydroxylation sites is 1. The Labute approximate surface area is 151 Å². The van der Waals surface area contributed by atoms with Crippen LogP contribution < -0.4 is 10.2 Å². The van der Waals surface area contributed by atoms with E-state index >= 15 is 0 Å². The van der Waals surface area contributed by atoms with Crippen molar-refractivity contribution in [3.8, 4) is 0 Å². The average Bonchev–Trinajstić information content (AvgIpc) is 2.67. The predicted molar refractivity (Wildman–Crippen MR) is 102 cm³/mol. The maximum absolute atomic E-state index is 12.3. The number of carbonyl (C=O) groups is 1. The predicted octanol–water partition coefficient (Wildman–Crippen LogP) is 1.16. The number of hydrogen-bond donors (Lipinski definition) is 1. The van der Waals surface area contributed by atoms with Crippen LogP contribution in [0.25, 0.3) is 0 Å². The van der Waals surface area contributed by atoms with E-state index in [9.17, 15) is 4.79 Å². The smallest absolute Gasteiger partial charge is 0.317 e. The van der Waals surface area contributed by atoms with Crippen molar-refractivity contribution in [1.29, 1.82) is 0 Å². The summed E-state index contributed by atoms with van der Waals surface area (Å²) in [6.07, 6.45) is 1.03. The van der Waals surface area contributed by atoms with Crippen LogP contribution in [0.5, 0.6) is 0 Å². The fraction of sp³-hybridized carbons (Fsp3) is 0.632. The largest absolute Gasteiger partial charge is 0.368 e. The van der Waals surface area contributed by atoms with Crippen molar-refractivity contribution in [1.82, 2.24) is 20.0 Å². The first kappa shape index (κ1) is 18.0. The van der Waals surface area contributed by atoms with E-state index in [0.717, 1.165) is 71.9 Å². The van der Waals surface area contributed by atoms with Gasteiger partial charge in [-0.1, -0.05) is 18.2 Å². The summed E-state index contributed by atoms with van der Waals surface area (Å²) in [6, 6.07) is 10.5. The van der Waals surface area contributed by atoms with E-state index in [4.69, 9.17) is 0 Å². The molecule has 2 fully saturated rings. The molecule has 25 heavy (non-hydrogen) atoms. The van der Waals surface area contributed by atoms with Gasteiger partial charge >= 0.3 is 6.03 Å². The number of nitrogens with one attached hydrogen (secondary N) is 1. The topological polar surface area (TPSA) is 42.1 Å². The molecule has 6 nitrogen and oxygen atoms in total. The summed E-state index contributed by atoms with van der Waals surface area (Å²) in [6.45, 7) is 9.82. The van der Waals surface area contributed by atoms with Gasteiger partial charge in [0.25, 0.3) is 0 Å². The number of hydrogen-bond acceptors (Lipinski definition) is 4. The highest BCUT2D eigenvalue weighted by atomic mass is 16.2. The molecule has 0 spiro atoms. The van der Waals surface area contributed by atoms with Crippen LogP contribution in [0.1, 0.15) is 6.42 Å². The molecule has 2 aliphatic rings. The van der Waals surface area contributed by atoms with Gasteiger partial charge in [-0.3, -0.25) is 0 Å². The zero-order valence-electron chi connectivity index (χ0n) is 15.4. The molecule has 0 bridgehead atoms. The molecule has 1 N–H and O–H groups in total. The molecule has 2 heterocycles. The molecule has 0 radical (unpaired) electrons. The molecule has 1 aromatic rings. The molecule has 6 heteroatoms. The van der Waals surface area contributed by atoms with Gasteiger partial charge in [-0.2, -0.15) is 0 Å². The summed E-state index contributed by atoms with van der Waals surface area (Å²) >= 11 is 0. The van der Waals surface area contributed by atoms with Gasteiger partial charge in [-0.25, -0.2) is 4.79 Å². The van der Waals surface area contributed by atoms with Crippen LogP contribution in [0.3, 0.4) is 0 Å². The normalized spacial score (nSPS) is 19.9. The van der Waals surface area contributed by atoms with E-state index in [1.807, 2.05) is 11.0 Å². The van der Waals surface area contributed by atoms with E-state index in [2.05, 4.69) is 51.3 Å². The van der Waals surface area contributed by atoms with Crippen LogP contribution in [0.2, 0.25) is 0 Å². The third-order valence-corrected chi connectivity index (χ3v) is 5.21. The van der Waals surface area contributed by atoms with Crippen molar-refractivity contribution in [2.75, 3.05) is 77.4 Å². The Morgan fingerprint density at radius 3 is 2.32 bits per heavy atom. The lowest BCUT2D eigenvalue weighted by molar-refractivity contribution is 0.152. The highest BCUT2D eigenvalue weighted by Crippen LogP contribution is 2.15. The molecule has 0 aliphatic carbocycles. The first-order valence-corrected chi connectivity index (χ1v) is 9.46. The third kappa shape index (κ3) is 5.34. The zero-order valence-corrected chi connectivity index (χ0v) is 15.4. The van der Waals surface area contributed by atoms with E-state index in [-0.39, 0.29) is 6.03 Å². The summed E-state index contributed by atoms with van der Waals surface area (Å²) in [5.41, 5.74) is 1.25. The van der Waals surface area contributed by atoms with E-state index in [1.165, 1.54) is 5.69 Å². The summed E-state index contributed by atoms with van der Waals surface area (Å²) < 4.78 is 0. The monoisotopic (exact) mass is 345 g/mol. The first-order chi connectivity index (χ1) is 12.2. The van der Waals surface area contributed by atoms with Crippen LogP contribution in [0, 0.1) is 0 Å². The number of anilines is 1. The number of rotatable bonds is 5. The molecule has 0 saturated carbocycles. The van der Waals surface area contributed by atoms with Crippen LogP contribution in [0.4, 0.5) is 10.5 Å². The van der Waals surface area contributed by atoms with E-state index in [0.29, 0.717) is 0 Å². The summed E-state index contributed by atoms with van der Waals surface area (Å²) in [5.74, 6) is 0. The quantitative estimate of drug-likeness (QED) is 0.813. The minimum atomic E-state index is 0.0890. The Bertz CT molecular complexity index is 522. The summed E-state index contributed by atoms with van der Waals surface area (Å²) in [7, 11) is 2.18. The van der Waals surface area contributed by atoms with Crippen LogP contribution >= 0.6 is 0 Å². The van der Waals surface area contributed by atoms with Crippen molar-refractivity contribution in [3.05, 3.63) is 30.3 Å². The lowest BCUT2D eigenvalue weighted by Crippen LogP contribution is -2.52. The molecule has 1 aromatic carbocycles. The van der Waals surface area contributed by atoms with Crippen molar-refractivity contribution in [3.63, 3.8) is 0 Å². The molecule has 0 aromatic heterocycles. The van der Waals surface area contributed by atoms with Crippen molar-refractivity contribution >= 4 is 11.7 Å². The number of amides is 2. The van der Waals surface area contributed by atoms with Gasteiger partial charge in [-0.05, 0) is 32.1 Å². The molecule has 2 saturated heterocycles. The fourth-order valence-electron chi connectivity index (χ4n) is 3.49. The van der Waals surface area contributed by atoms with E-state index in [1.54, 1.807) is 0 Å².